The second-order valence-electron chi connectivity index (χ2n) is 2.81. The average Bonchev–Trinajstić information content (AvgIpc) is 2.64. The summed E-state index contributed by atoms with van der Waals surface area (Å²) in [5.74, 6) is 0.336. The Hall–Kier alpha value is -1.89. The number of aromatic nitrogens is 5. The van der Waals surface area contributed by atoms with Crippen LogP contribution in [0.2, 0.25) is 5.02 Å². The lowest BCUT2D eigenvalue weighted by atomic mass is 10.7. The van der Waals surface area contributed by atoms with E-state index in [9.17, 15) is 0 Å². The van der Waals surface area contributed by atoms with Gasteiger partial charge in [0.2, 0.25) is 5.95 Å². The lowest BCUT2D eigenvalue weighted by molar-refractivity contribution is 0.311. The quantitative estimate of drug-likeness (QED) is 0.849. The summed E-state index contributed by atoms with van der Waals surface area (Å²) in [6.45, 7) is 2.27. The fraction of sp³-hybridized carbons (Fsp3) is 0.250. The van der Waals surface area contributed by atoms with Crippen molar-refractivity contribution in [2.24, 2.45) is 0 Å². The molecule has 2 aromatic heterocycles. The maximum absolute atomic E-state index is 5.73. The summed E-state index contributed by atoms with van der Waals surface area (Å²) in [6, 6.07) is 0.164. The van der Waals surface area contributed by atoms with Gasteiger partial charge in [-0.25, -0.2) is 4.68 Å². The molecule has 0 amide bonds. The first kappa shape index (κ1) is 10.6. The SMILES string of the molecule is CCOc1nc(N)nc(-n2cc(Cl)cn2)n1. The Morgan fingerprint density at radius 1 is 1.44 bits per heavy atom. The Bertz CT molecular complexity index is 499. The zero-order chi connectivity index (χ0) is 11.5. The van der Waals surface area contributed by atoms with Gasteiger partial charge in [-0.15, -0.1) is 0 Å². The van der Waals surface area contributed by atoms with Crippen LogP contribution in [0, 0.1) is 0 Å². The van der Waals surface area contributed by atoms with Gasteiger partial charge in [-0.3, -0.25) is 0 Å². The monoisotopic (exact) mass is 240 g/mol. The fourth-order valence-electron chi connectivity index (χ4n) is 1.07. The van der Waals surface area contributed by atoms with Gasteiger partial charge in [-0.1, -0.05) is 11.6 Å². The van der Waals surface area contributed by atoms with Crippen LogP contribution in [-0.4, -0.2) is 31.3 Å². The van der Waals surface area contributed by atoms with Crippen molar-refractivity contribution in [2.45, 2.75) is 6.92 Å². The number of ether oxygens (including phenoxy) is 1. The molecule has 0 aliphatic carbocycles. The van der Waals surface area contributed by atoms with Crippen molar-refractivity contribution < 1.29 is 4.74 Å². The van der Waals surface area contributed by atoms with Crippen LogP contribution in [0.4, 0.5) is 5.95 Å². The predicted octanol–water partition coefficient (Wildman–Crippen LogP) is 0.692. The molecule has 84 valence electrons. The molecule has 0 radical (unpaired) electrons. The zero-order valence-electron chi connectivity index (χ0n) is 8.46. The van der Waals surface area contributed by atoms with Crippen LogP contribution < -0.4 is 10.5 Å². The summed E-state index contributed by atoms with van der Waals surface area (Å²) >= 11 is 5.73. The van der Waals surface area contributed by atoms with Crippen LogP contribution in [0.3, 0.4) is 0 Å². The molecule has 0 unspecified atom stereocenters. The van der Waals surface area contributed by atoms with Gasteiger partial charge >= 0.3 is 6.01 Å². The predicted molar refractivity (Wildman–Crippen MR) is 57.5 cm³/mol. The average molecular weight is 241 g/mol. The van der Waals surface area contributed by atoms with E-state index in [0.717, 1.165) is 0 Å². The van der Waals surface area contributed by atoms with Crippen molar-refractivity contribution >= 4 is 17.5 Å². The molecule has 2 aromatic rings. The first-order valence-corrected chi connectivity index (χ1v) is 4.91. The molecule has 0 spiro atoms. The lowest BCUT2D eigenvalue weighted by Gasteiger charge is -2.04. The second-order valence-corrected chi connectivity index (χ2v) is 3.25. The van der Waals surface area contributed by atoms with Crippen LogP contribution in [-0.2, 0) is 0 Å². The van der Waals surface area contributed by atoms with Gasteiger partial charge in [0.1, 0.15) is 0 Å². The minimum Gasteiger partial charge on any atom is -0.464 e. The largest absolute Gasteiger partial charge is 0.464 e. The molecule has 0 aromatic carbocycles. The van der Waals surface area contributed by atoms with Crippen LogP contribution >= 0.6 is 11.6 Å². The Morgan fingerprint density at radius 3 is 2.88 bits per heavy atom. The number of anilines is 1. The van der Waals surface area contributed by atoms with Gasteiger partial charge in [0.05, 0.1) is 24.0 Å². The molecule has 0 aliphatic rings. The van der Waals surface area contributed by atoms with Crippen LogP contribution in [0.25, 0.3) is 5.95 Å². The molecule has 16 heavy (non-hydrogen) atoms. The summed E-state index contributed by atoms with van der Waals surface area (Å²) < 4.78 is 6.53. The van der Waals surface area contributed by atoms with Gasteiger partial charge in [0.15, 0.2) is 0 Å². The van der Waals surface area contributed by atoms with Crippen LogP contribution in [0.5, 0.6) is 6.01 Å². The van der Waals surface area contributed by atoms with Crippen molar-refractivity contribution in [2.75, 3.05) is 12.3 Å². The summed E-state index contributed by atoms with van der Waals surface area (Å²) in [6.07, 6.45) is 3.04. The Labute approximate surface area is 96.2 Å². The standard InChI is InChI=1S/C8H9ClN6O/c1-2-16-8-13-6(10)12-7(14-8)15-4-5(9)3-11-15/h3-4H,2H2,1H3,(H2,10,12,13,14). The van der Waals surface area contributed by atoms with Crippen molar-refractivity contribution in [3.8, 4) is 12.0 Å². The number of hydrogen-bond acceptors (Lipinski definition) is 6. The first-order valence-electron chi connectivity index (χ1n) is 4.54. The molecule has 0 fully saturated rings. The molecular weight excluding hydrogens is 232 g/mol. The van der Waals surface area contributed by atoms with Crippen molar-refractivity contribution in [3.63, 3.8) is 0 Å². The number of hydrogen-bond donors (Lipinski definition) is 1. The number of nitrogens with two attached hydrogens (primary N) is 1. The van der Waals surface area contributed by atoms with E-state index < -0.39 is 0 Å². The molecule has 2 N–H and O–H groups in total. The third-order valence-electron chi connectivity index (χ3n) is 1.65. The topological polar surface area (TPSA) is 91.7 Å². The third-order valence-corrected chi connectivity index (χ3v) is 1.84. The highest BCUT2D eigenvalue weighted by Gasteiger charge is 2.07. The molecule has 2 heterocycles. The van der Waals surface area contributed by atoms with E-state index in [0.29, 0.717) is 11.6 Å². The fourth-order valence-corrected chi connectivity index (χ4v) is 1.20. The summed E-state index contributed by atoms with van der Waals surface area (Å²) in [5, 5.41) is 4.43. The normalized spacial score (nSPS) is 10.4. The van der Waals surface area contributed by atoms with E-state index in [-0.39, 0.29) is 17.9 Å². The van der Waals surface area contributed by atoms with Crippen molar-refractivity contribution in [1.82, 2.24) is 24.7 Å². The number of nitrogens with zero attached hydrogens (tertiary/aromatic N) is 5. The van der Waals surface area contributed by atoms with Gasteiger partial charge < -0.3 is 10.5 Å². The Kier molecular flexibility index (Phi) is 2.86. The lowest BCUT2D eigenvalue weighted by Crippen LogP contribution is -2.09. The highest BCUT2D eigenvalue weighted by molar-refractivity contribution is 6.30. The molecule has 0 aliphatic heterocycles. The highest BCUT2D eigenvalue weighted by atomic mass is 35.5. The van der Waals surface area contributed by atoms with E-state index in [1.54, 1.807) is 6.20 Å². The highest BCUT2D eigenvalue weighted by Crippen LogP contribution is 2.11. The number of nitrogen functional groups attached to an aromatic ring is 1. The molecule has 0 atom stereocenters. The van der Waals surface area contributed by atoms with E-state index in [4.69, 9.17) is 22.1 Å². The van der Waals surface area contributed by atoms with Gasteiger partial charge in [0, 0.05) is 0 Å². The van der Waals surface area contributed by atoms with E-state index >= 15 is 0 Å². The summed E-state index contributed by atoms with van der Waals surface area (Å²) in [7, 11) is 0. The van der Waals surface area contributed by atoms with Gasteiger partial charge in [-0.05, 0) is 6.92 Å². The molecule has 0 saturated heterocycles. The molecular formula is C8H9ClN6O. The number of halogens is 1. The van der Waals surface area contributed by atoms with Crippen molar-refractivity contribution in [1.29, 1.82) is 0 Å². The van der Waals surface area contributed by atoms with Crippen molar-refractivity contribution in [3.05, 3.63) is 17.4 Å². The third kappa shape index (κ3) is 2.19. The van der Waals surface area contributed by atoms with Gasteiger partial charge in [-0.2, -0.15) is 20.1 Å². The summed E-state index contributed by atoms with van der Waals surface area (Å²) in [5.41, 5.74) is 5.52. The minimum absolute atomic E-state index is 0.0695. The zero-order valence-corrected chi connectivity index (χ0v) is 9.22. The molecule has 8 heteroatoms. The maximum atomic E-state index is 5.73. The van der Waals surface area contributed by atoms with Crippen LogP contribution in [0.15, 0.2) is 12.4 Å². The first-order chi connectivity index (χ1) is 7.69. The summed E-state index contributed by atoms with van der Waals surface area (Å²) in [4.78, 5) is 11.8. The van der Waals surface area contributed by atoms with E-state index in [2.05, 4.69) is 20.1 Å². The molecule has 0 bridgehead atoms. The smallest absolute Gasteiger partial charge is 0.323 e. The minimum atomic E-state index is 0.0695. The Balaban J connectivity index is 2.40. The van der Waals surface area contributed by atoms with Gasteiger partial charge in [0.25, 0.3) is 5.95 Å². The van der Waals surface area contributed by atoms with E-state index in [1.807, 2.05) is 6.92 Å². The van der Waals surface area contributed by atoms with Crippen LogP contribution in [0.1, 0.15) is 6.92 Å². The number of rotatable bonds is 3. The molecule has 2 rings (SSSR count). The second kappa shape index (κ2) is 4.31. The molecule has 0 saturated carbocycles. The van der Waals surface area contributed by atoms with E-state index in [1.165, 1.54) is 10.9 Å². The molecule has 7 nitrogen and oxygen atoms in total. The Morgan fingerprint density at radius 2 is 2.25 bits per heavy atom. The maximum Gasteiger partial charge on any atom is 0.323 e.